The molecule has 4 nitrogen and oxygen atoms in total. The number of anilines is 1. The largest absolute Gasteiger partial charge is 0.387 e. The summed E-state index contributed by atoms with van der Waals surface area (Å²) in [5.74, 6) is 0. The fourth-order valence-corrected chi connectivity index (χ4v) is 2.49. The van der Waals surface area contributed by atoms with E-state index in [1.54, 1.807) is 0 Å². The van der Waals surface area contributed by atoms with Crippen LogP contribution in [0.5, 0.6) is 0 Å². The molecule has 20 heavy (non-hydrogen) atoms. The zero-order valence-corrected chi connectivity index (χ0v) is 12.7. The van der Waals surface area contributed by atoms with Gasteiger partial charge in [-0.05, 0) is 37.5 Å². The van der Waals surface area contributed by atoms with Gasteiger partial charge in [0.15, 0.2) is 0 Å². The molecule has 2 N–H and O–H groups in total. The molecule has 0 bridgehead atoms. The highest BCUT2D eigenvalue weighted by molar-refractivity contribution is 5.46. The minimum atomic E-state index is -0.493. The average Bonchev–Trinajstić information content (AvgIpc) is 2.97. The van der Waals surface area contributed by atoms with E-state index in [0.29, 0.717) is 6.10 Å². The second-order valence-corrected chi connectivity index (χ2v) is 5.76. The molecule has 0 aliphatic carbocycles. The Labute approximate surface area is 121 Å². The monoisotopic (exact) mass is 278 g/mol. The Morgan fingerprint density at radius 2 is 2.05 bits per heavy atom. The molecule has 1 aliphatic heterocycles. The summed E-state index contributed by atoms with van der Waals surface area (Å²) in [6.07, 6.45) is 2.08. The Morgan fingerprint density at radius 3 is 2.60 bits per heavy atom. The van der Waals surface area contributed by atoms with Gasteiger partial charge in [0, 0.05) is 39.0 Å². The lowest BCUT2D eigenvalue weighted by molar-refractivity contribution is 0.0910. The van der Waals surface area contributed by atoms with E-state index in [0.717, 1.165) is 37.2 Å². The van der Waals surface area contributed by atoms with Crippen molar-refractivity contribution in [3.63, 3.8) is 0 Å². The van der Waals surface area contributed by atoms with E-state index in [4.69, 9.17) is 4.74 Å². The lowest BCUT2D eigenvalue weighted by Crippen LogP contribution is -2.37. The maximum atomic E-state index is 10.4. The lowest BCUT2D eigenvalue weighted by atomic mass is 10.0. The molecule has 0 radical (unpaired) electrons. The van der Waals surface area contributed by atoms with Crippen LogP contribution in [-0.2, 0) is 4.74 Å². The first-order chi connectivity index (χ1) is 9.58. The van der Waals surface area contributed by atoms with Crippen molar-refractivity contribution in [2.24, 2.45) is 0 Å². The molecule has 1 heterocycles. The lowest BCUT2D eigenvalue weighted by Gasteiger charge is -2.23. The maximum Gasteiger partial charge on any atom is 0.0940 e. The number of ether oxygens (including phenoxy) is 1. The zero-order valence-electron chi connectivity index (χ0n) is 12.7. The predicted octanol–water partition coefficient (Wildman–Crippen LogP) is 1.94. The summed E-state index contributed by atoms with van der Waals surface area (Å²) in [4.78, 5) is 2.05. The van der Waals surface area contributed by atoms with Crippen molar-refractivity contribution >= 4 is 5.69 Å². The van der Waals surface area contributed by atoms with Crippen LogP contribution in [0, 0.1) is 0 Å². The normalized spacial score (nSPS) is 21.7. The van der Waals surface area contributed by atoms with Crippen LogP contribution < -0.4 is 10.2 Å². The minimum Gasteiger partial charge on any atom is -0.387 e. The van der Waals surface area contributed by atoms with E-state index in [-0.39, 0.29) is 6.04 Å². The van der Waals surface area contributed by atoms with E-state index in [2.05, 4.69) is 10.2 Å². The first kappa shape index (κ1) is 15.3. The van der Waals surface area contributed by atoms with Crippen molar-refractivity contribution in [2.45, 2.75) is 38.0 Å². The summed E-state index contributed by atoms with van der Waals surface area (Å²) >= 11 is 0. The van der Waals surface area contributed by atoms with Crippen LogP contribution in [0.1, 0.15) is 31.4 Å². The van der Waals surface area contributed by atoms with Gasteiger partial charge in [0.1, 0.15) is 0 Å². The minimum absolute atomic E-state index is 0.0180. The highest BCUT2D eigenvalue weighted by Gasteiger charge is 2.20. The third-order valence-electron chi connectivity index (χ3n) is 3.92. The van der Waals surface area contributed by atoms with E-state index < -0.39 is 6.10 Å². The smallest absolute Gasteiger partial charge is 0.0940 e. The molecule has 1 saturated heterocycles. The van der Waals surface area contributed by atoms with Gasteiger partial charge in [0.25, 0.3) is 0 Å². The third-order valence-corrected chi connectivity index (χ3v) is 3.92. The van der Waals surface area contributed by atoms with Crippen LogP contribution in [0.15, 0.2) is 24.3 Å². The van der Waals surface area contributed by atoms with Crippen molar-refractivity contribution in [2.75, 3.05) is 32.1 Å². The SMILES string of the molecule is CC(NCC1CCCO1)C(O)c1ccc(N(C)C)cc1. The Hall–Kier alpha value is -1.10. The fourth-order valence-electron chi connectivity index (χ4n) is 2.49. The van der Waals surface area contributed by atoms with Crippen LogP contribution in [0.25, 0.3) is 0 Å². The van der Waals surface area contributed by atoms with Crippen LogP contribution >= 0.6 is 0 Å². The van der Waals surface area contributed by atoms with Crippen LogP contribution in [-0.4, -0.2) is 44.5 Å². The van der Waals surface area contributed by atoms with Crippen LogP contribution in [0.2, 0.25) is 0 Å². The number of nitrogens with one attached hydrogen (secondary N) is 1. The number of benzene rings is 1. The molecule has 2 rings (SSSR count). The van der Waals surface area contributed by atoms with E-state index in [1.807, 2.05) is 45.3 Å². The van der Waals surface area contributed by atoms with Gasteiger partial charge in [-0.15, -0.1) is 0 Å². The molecule has 1 fully saturated rings. The quantitative estimate of drug-likeness (QED) is 0.835. The maximum absolute atomic E-state index is 10.4. The third kappa shape index (κ3) is 3.95. The first-order valence-electron chi connectivity index (χ1n) is 7.38. The molecule has 0 aromatic heterocycles. The Morgan fingerprint density at radius 1 is 1.35 bits per heavy atom. The number of rotatable bonds is 6. The molecule has 0 amide bonds. The van der Waals surface area contributed by atoms with Crippen molar-refractivity contribution in [3.05, 3.63) is 29.8 Å². The Balaban J connectivity index is 1.86. The first-order valence-corrected chi connectivity index (χ1v) is 7.38. The van der Waals surface area contributed by atoms with Gasteiger partial charge in [-0.3, -0.25) is 0 Å². The highest BCUT2D eigenvalue weighted by Crippen LogP contribution is 2.20. The summed E-state index contributed by atoms with van der Waals surface area (Å²) in [6, 6.07) is 8.06. The summed E-state index contributed by atoms with van der Waals surface area (Å²) in [6.45, 7) is 3.70. The second-order valence-electron chi connectivity index (χ2n) is 5.76. The van der Waals surface area contributed by atoms with Gasteiger partial charge < -0.3 is 20.1 Å². The Kier molecular flexibility index (Phi) is 5.40. The average molecular weight is 278 g/mol. The van der Waals surface area contributed by atoms with Crippen molar-refractivity contribution in [1.29, 1.82) is 0 Å². The molecule has 112 valence electrons. The summed E-state index contributed by atoms with van der Waals surface area (Å²) in [5, 5.41) is 13.8. The predicted molar refractivity (Wildman–Crippen MR) is 82.2 cm³/mol. The molecule has 3 unspecified atom stereocenters. The van der Waals surface area contributed by atoms with Gasteiger partial charge in [0.05, 0.1) is 12.2 Å². The molecular formula is C16H26N2O2. The topological polar surface area (TPSA) is 44.7 Å². The molecule has 1 aromatic rings. The number of hydrogen-bond acceptors (Lipinski definition) is 4. The Bertz CT molecular complexity index is 399. The zero-order chi connectivity index (χ0) is 14.5. The van der Waals surface area contributed by atoms with Gasteiger partial charge in [-0.2, -0.15) is 0 Å². The van der Waals surface area contributed by atoms with Gasteiger partial charge >= 0.3 is 0 Å². The summed E-state index contributed by atoms with van der Waals surface area (Å²) in [7, 11) is 4.02. The number of nitrogens with zero attached hydrogens (tertiary/aromatic N) is 1. The number of aliphatic hydroxyl groups is 1. The van der Waals surface area contributed by atoms with Crippen molar-refractivity contribution < 1.29 is 9.84 Å². The summed E-state index contributed by atoms with van der Waals surface area (Å²) in [5.41, 5.74) is 2.09. The van der Waals surface area contributed by atoms with Crippen LogP contribution in [0.4, 0.5) is 5.69 Å². The van der Waals surface area contributed by atoms with Gasteiger partial charge in [0.2, 0.25) is 0 Å². The van der Waals surface area contributed by atoms with Gasteiger partial charge in [-0.25, -0.2) is 0 Å². The molecule has 0 spiro atoms. The van der Waals surface area contributed by atoms with E-state index >= 15 is 0 Å². The molecular weight excluding hydrogens is 252 g/mol. The molecule has 1 aliphatic rings. The fraction of sp³-hybridized carbons (Fsp3) is 0.625. The molecule has 3 atom stereocenters. The molecule has 1 aromatic carbocycles. The van der Waals surface area contributed by atoms with Crippen molar-refractivity contribution in [3.8, 4) is 0 Å². The number of hydrogen-bond donors (Lipinski definition) is 2. The van der Waals surface area contributed by atoms with E-state index in [9.17, 15) is 5.11 Å². The van der Waals surface area contributed by atoms with Crippen LogP contribution in [0.3, 0.4) is 0 Å². The number of aliphatic hydroxyl groups excluding tert-OH is 1. The highest BCUT2D eigenvalue weighted by atomic mass is 16.5. The second kappa shape index (κ2) is 7.07. The summed E-state index contributed by atoms with van der Waals surface area (Å²) < 4.78 is 5.58. The standard InChI is InChI=1S/C16H26N2O2/c1-12(17-11-15-5-4-10-20-15)16(19)13-6-8-14(9-7-13)18(2)3/h6-9,12,15-17,19H,4-5,10-11H2,1-3H3. The van der Waals surface area contributed by atoms with Crippen molar-refractivity contribution in [1.82, 2.24) is 5.32 Å². The van der Waals surface area contributed by atoms with Gasteiger partial charge in [-0.1, -0.05) is 12.1 Å². The van der Waals surface area contributed by atoms with E-state index in [1.165, 1.54) is 0 Å². The molecule has 0 saturated carbocycles. The molecule has 4 heteroatoms.